The van der Waals surface area contributed by atoms with Crippen LogP contribution in [0.1, 0.15) is 12.5 Å². The number of hydrogen-bond acceptors (Lipinski definition) is 16. The third-order valence-corrected chi connectivity index (χ3v) is 9.06. The Hall–Kier alpha value is -2.68. The number of anilines is 2. The topological polar surface area (TPSA) is 304 Å². The number of nitrogens with two attached hydrogens (primary N) is 2. The van der Waals surface area contributed by atoms with Gasteiger partial charge < -0.3 is 51.2 Å². The van der Waals surface area contributed by atoms with Gasteiger partial charge in [-0.05, 0) is 12.2 Å². The van der Waals surface area contributed by atoms with E-state index in [1.54, 1.807) is 6.07 Å². The SMILES string of the molecule is Nc1ccc[n+]([C@@H]2O[C@H](COP(=O)(O)OP(=O)(O)OC[C@H]3O[C@@H](n4cnc5c(N)ncnc54)[C@H](O)[C@@H]3O)[C@@H](O)[C@H]2[O-])c1. The third kappa shape index (κ3) is 6.31. The van der Waals surface area contributed by atoms with Gasteiger partial charge in [0.1, 0.15) is 36.3 Å². The van der Waals surface area contributed by atoms with E-state index in [4.69, 9.17) is 25.5 Å². The number of phosphoric acid groups is 2. The molecule has 22 heteroatoms. The molecule has 2 fully saturated rings. The highest BCUT2D eigenvalue weighted by atomic mass is 31.3. The molecule has 0 saturated carbocycles. The van der Waals surface area contributed by atoms with Crippen LogP contribution in [-0.4, -0.2) is 94.5 Å². The number of aliphatic hydroxyl groups is 3. The van der Waals surface area contributed by atoms with Gasteiger partial charge in [0.15, 0.2) is 30.1 Å². The minimum atomic E-state index is -5.34. The number of aromatic nitrogens is 5. The highest BCUT2D eigenvalue weighted by Crippen LogP contribution is 2.60. The minimum Gasteiger partial charge on any atom is -0.843 e. The fourth-order valence-electron chi connectivity index (χ4n) is 4.43. The number of hydrogen-bond donors (Lipinski definition) is 7. The lowest BCUT2D eigenvalue weighted by atomic mass is 10.1. The highest BCUT2D eigenvalue weighted by molar-refractivity contribution is 7.61. The van der Waals surface area contributed by atoms with Crippen molar-refractivity contribution in [2.45, 2.75) is 49.1 Å². The molecule has 2 saturated heterocycles. The zero-order chi connectivity index (χ0) is 30.4. The Bertz CT molecular complexity index is 1530. The third-order valence-electron chi connectivity index (χ3n) is 6.46. The van der Waals surface area contributed by atoms with Crippen molar-refractivity contribution in [3.05, 3.63) is 37.2 Å². The number of fused-ring (bicyclic) bond motifs is 1. The molecule has 3 aromatic rings. The number of aliphatic hydroxyl groups excluding tert-OH is 3. The van der Waals surface area contributed by atoms with E-state index in [0.717, 1.165) is 6.33 Å². The summed E-state index contributed by atoms with van der Waals surface area (Å²) in [5.41, 5.74) is 12.1. The molecule has 230 valence electrons. The molecule has 42 heavy (non-hydrogen) atoms. The van der Waals surface area contributed by atoms with E-state index in [1.165, 1.54) is 33.9 Å². The van der Waals surface area contributed by atoms with Gasteiger partial charge in [-0.15, -0.1) is 0 Å². The number of ether oxygens (including phenoxy) is 2. The summed E-state index contributed by atoms with van der Waals surface area (Å²) >= 11 is 0. The maximum Gasteiger partial charge on any atom is 0.481 e. The molecule has 5 heterocycles. The first-order chi connectivity index (χ1) is 19.8. The molecule has 0 spiro atoms. The maximum absolute atomic E-state index is 12.5. The summed E-state index contributed by atoms with van der Waals surface area (Å²) in [5, 5.41) is 43.6. The molecule has 2 aliphatic heterocycles. The highest BCUT2D eigenvalue weighted by Gasteiger charge is 2.47. The Morgan fingerprint density at radius 2 is 1.67 bits per heavy atom. The van der Waals surface area contributed by atoms with Crippen LogP contribution in [0, 0.1) is 0 Å². The van der Waals surface area contributed by atoms with E-state index in [-0.39, 0.29) is 17.0 Å². The Kier molecular flexibility index (Phi) is 8.63. The fraction of sp³-hybridized carbons (Fsp3) is 0.500. The molecule has 0 bridgehead atoms. The summed E-state index contributed by atoms with van der Waals surface area (Å²) in [6, 6.07) is 3.10. The van der Waals surface area contributed by atoms with E-state index in [1.807, 2.05) is 0 Å². The summed E-state index contributed by atoms with van der Waals surface area (Å²) in [6.07, 6.45) is -6.71. The van der Waals surface area contributed by atoms with Crippen molar-refractivity contribution in [2.24, 2.45) is 0 Å². The van der Waals surface area contributed by atoms with Crippen LogP contribution in [0.5, 0.6) is 0 Å². The Morgan fingerprint density at radius 1 is 1.00 bits per heavy atom. The number of nitrogen functional groups attached to an aromatic ring is 2. The summed E-state index contributed by atoms with van der Waals surface area (Å²) < 4.78 is 51.9. The number of imidazole rings is 1. The number of rotatable bonds is 10. The summed E-state index contributed by atoms with van der Waals surface area (Å²) in [4.78, 5) is 31.8. The number of nitrogens with zero attached hydrogens (tertiary/aromatic N) is 5. The van der Waals surface area contributed by atoms with Gasteiger partial charge in [-0.3, -0.25) is 13.6 Å². The Morgan fingerprint density at radius 3 is 2.33 bits per heavy atom. The van der Waals surface area contributed by atoms with Gasteiger partial charge in [-0.25, -0.2) is 24.1 Å². The molecule has 2 unspecified atom stereocenters. The predicted molar refractivity (Wildman–Crippen MR) is 133 cm³/mol. The lowest BCUT2D eigenvalue weighted by molar-refractivity contribution is -0.781. The van der Waals surface area contributed by atoms with Crippen LogP contribution in [-0.2, 0) is 32.0 Å². The zero-order valence-electron chi connectivity index (χ0n) is 21.3. The number of phosphoric ester groups is 2. The quantitative estimate of drug-likeness (QED) is 0.0853. The van der Waals surface area contributed by atoms with Gasteiger partial charge in [0.05, 0.1) is 31.3 Å². The molecule has 2 aliphatic rings. The first-order valence-electron chi connectivity index (χ1n) is 12.1. The van der Waals surface area contributed by atoms with Crippen LogP contribution in [0.15, 0.2) is 37.2 Å². The van der Waals surface area contributed by atoms with Crippen LogP contribution in [0.25, 0.3) is 11.2 Å². The average molecular weight is 635 g/mol. The molecule has 3 aromatic heterocycles. The molecule has 20 nitrogen and oxygen atoms in total. The lowest BCUT2D eigenvalue weighted by Gasteiger charge is -2.22. The van der Waals surface area contributed by atoms with Crippen molar-refractivity contribution in [3.8, 4) is 0 Å². The smallest absolute Gasteiger partial charge is 0.481 e. The van der Waals surface area contributed by atoms with E-state index >= 15 is 0 Å². The first kappa shape index (κ1) is 30.8. The second kappa shape index (κ2) is 11.8. The zero-order valence-corrected chi connectivity index (χ0v) is 23.1. The van der Waals surface area contributed by atoms with E-state index in [0.29, 0.717) is 5.69 Å². The van der Waals surface area contributed by atoms with E-state index < -0.39 is 77.9 Å². The summed E-state index contributed by atoms with van der Waals surface area (Å²) in [5.74, 6) is 0.0580. The first-order valence-corrected chi connectivity index (χ1v) is 15.1. The van der Waals surface area contributed by atoms with Crippen LogP contribution in [0.4, 0.5) is 11.5 Å². The molecule has 0 amide bonds. The van der Waals surface area contributed by atoms with Crippen LogP contribution < -0.4 is 21.1 Å². The van der Waals surface area contributed by atoms with Crippen LogP contribution in [0.2, 0.25) is 0 Å². The normalized spacial score (nSPS) is 32.6. The molecule has 10 atom stereocenters. The largest absolute Gasteiger partial charge is 0.843 e. The molecule has 0 aromatic carbocycles. The van der Waals surface area contributed by atoms with Gasteiger partial charge in [-0.1, -0.05) is 0 Å². The molecular formula is C20H27N7O13P2. The van der Waals surface area contributed by atoms with Gasteiger partial charge in [0, 0.05) is 6.07 Å². The average Bonchev–Trinajstić information content (AvgIpc) is 3.56. The van der Waals surface area contributed by atoms with Crippen molar-refractivity contribution >= 4 is 38.3 Å². The lowest BCUT2D eigenvalue weighted by Crippen LogP contribution is -2.51. The second-order valence-electron chi connectivity index (χ2n) is 9.34. The Balaban J connectivity index is 1.16. The number of pyridine rings is 1. The molecular weight excluding hydrogens is 608 g/mol. The molecule has 5 rings (SSSR count). The van der Waals surface area contributed by atoms with Gasteiger partial charge >= 0.3 is 15.6 Å². The standard InChI is InChI=1S/C20H27N7O13P2/c21-9-2-1-3-26(4-9)19-15(30)13(28)10(38-19)5-36-41(32,33)40-42(34,35)37-6-11-14(29)16(31)20(39-11)27-8-25-12-17(22)23-7-24-18(12)27/h1-4,7-8,10-11,13-16,19-20,28-29,31H,5-6,21H2,(H,32,33)(H,34,35)(H2,22,23,24)/t10-,11-,13-,14-,15-,16-,19-,20-/m1/s1. The summed E-state index contributed by atoms with van der Waals surface area (Å²) in [6.45, 7) is -1.76. The monoisotopic (exact) mass is 635 g/mol. The molecule has 0 aliphatic carbocycles. The van der Waals surface area contributed by atoms with Crippen molar-refractivity contribution in [2.75, 3.05) is 24.7 Å². The minimum absolute atomic E-state index is 0.0580. The second-order valence-corrected chi connectivity index (χ2v) is 12.4. The summed E-state index contributed by atoms with van der Waals surface area (Å²) in [7, 11) is -10.7. The van der Waals surface area contributed by atoms with E-state index in [2.05, 4.69) is 23.8 Å². The van der Waals surface area contributed by atoms with E-state index in [9.17, 15) is 39.3 Å². The fourth-order valence-corrected chi connectivity index (χ4v) is 6.52. The van der Waals surface area contributed by atoms with Crippen molar-refractivity contribution in [1.82, 2.24) is 19.5 Å². The van der Waals surface area contributed by atoms with Gasteiger partial charge in [0.25, 0.3) is 6.23 Å². The van der Waals surface area contributed by atoms with Crippen LogP contribution in [0.3, 0.4) is 0 Å². The van der Waals surface area contributed by atoms with Crippen LogP contribution >= 0.6 is 15.6 Å². The van der Waals surface area contributed by atoms with Gasteiger partial charge in [-0.2, -0.15) is 8.88 Å². The van der Waals surface area contributed by atoms with Crippen molar-refractivity contribution < 1.29 is 66.7 Å². The van der Waals surface area contributed by atoms with Crippen molar-refractivity contribution in [3.63, 3.8) is 0 Å². The Labute approximate surface area is 235 Å². The predicted octanol–water partition coefficient (Wildman–Crippen LogP) is -3.16. The maximum atomic E-state index is 12.5. The molecule has 0 radical (unpaired) electrons. The van der Waals surface area contributed by atoms with Gasteiger partial charge in [0.2, 0.25) is 0 Å². The van der Waals surface area contributed by atoms with Crippen molar-refractivity contribution in [1.29, 1.82) is 0 Å². The molecule has 9 N–H and O–H groups in total.